The van der Waals surface area contributed by atoms with E-state index in [1.165, 1.54) is 0 Å². The monoisotopic (exact) mass is 637 g/mol. The fraction of sp³-hybridized carbons (Fsp3) is 0.850. The second-order valence-corrected chi connectivity index (χ2v) is 14.3. The van der Waals surface area contributed by atoms with Crippen LogP contribution >= 0.6 is 45.2 Å². The molecule has 1 N–H and O–H groups in total. The maximum atomic E-state index is 12.9. The molecule has 0 spiro atoms. The predicted octanol–water partition coefficient (Wildman–Crippen LogP) is 3.44. The zero-order valence-corrected chi connectivity index (χ0v) is 22.4. The molecule has 0 saturated carbocycles. The number of hydrogen-bond acceptors (Lipinski definition) is 7. The summed E-state index contributed by atoms with van der Waals surface area (Å²) < 4.78 is 15.0. The first kappa shape index (κ1) is 26.9. The van der Waals surface area contributed by atoms with Crippen molar-refractivity contribution < 1.29 is 28.6 Å². The lowest BCUT2D eigenvalue weighted by Gasteiger charge is -2.37. The van der Waals surface area contributed by atoms with Gasteiger partial charge in [-0.25, -0.2) is 0 Å². The summed E-state index contributed by atoms with van der Waals surface area (Å²) in [6, 6.07) is 0. The summed E-state index contributed by atoms with van der Waals surface area (Å²) in [5.41, 5.74) is -0.656. The first-order valence-electron chi connectivity index (χ1n) is 9.80. The Hall–Kier alpha value is -0.170. The smallest absolute Gasteiger partial charge is 0.321 e. The van der Waals surface area contributed by atoms with Crippen molar-refractivity contribution in [3.63, 3.8) is 0 Å². The fourth-order valence-electron chi connectivity index (χ4n) is 2.82. The maximum absolute atomic E-state index is 12.9. The molecular weight excluding hydrogens is 604 g/mol. The molecule has 1 rings (SSSR count). The third-order valence-corrected chi connectivity index (χ3v) is 5.70. The van der Waals surface area contributed by atoms with Gasteiger partial charge in [0.05, 0.1) is 0 Å². The Morgan fingerprint density at radius 1 is 0.897 bits per heavy atom. The molecule has 29 heavy (non-hydrogen) atoms. The Morgan fingerprint density at radius 2 is 1.31 bits per heavy atom. The molecule has 1 saturated heterocycles. The number of alkyl halides is 2. The first-order chi connectivity index (χ1) is 13.1. The summed E-state index contributed by atoms with van der Waals surface area (Å²) in [5, 5.41) is 3.30. The molecule has 0 amide bonds. The fourth-order valence-corrected chi connectivity index (χ4v) is 3.13. The van der Waals surface area contributed by atoms with Gasteiger partial charge in [-0.15, -0.1) is 0 Å². The van der Waals surface area contributed by atoms with Crippen molar-refractivity contribution in [2.24, 2.45) is 11.8 Å². The molecule has 1 fully saturated rings. The Bertz CT molecular complexity index is 559. The van der Waals surface area contributed by atoms with Crippen LogP contribution in [0.5, 0.6) is 0 Å². The molecule has 9 heteroatoms. The van der Waals surface area contributed by atoms with Crippen molar-refractivity contribution in [3.05, 3.63) is 0 Å². The molecule has 1 aliphatic rings. The molecule has 0 aromatic heterocycles. The van der Waals surface area contributed by atoms with Crippen molar-refractivity contribution in [1.29, 1.82) is 0 Å². The Kier molecular flexibility index (Phi) is 10.1. The van der Waals surface area contributed by atoms with E-state index >= 15 is 0 Å². The van der Waals surface area contributed by atoms with Crippen molar-refractivity contribution in [3.8, 4) is 0 Å². The second kappa shape index (κ2) is 10.9. The van der Waals surface area contributed by atoms with Gasteiger partial charge < -0.3 is 19.5 Å². The zero-order valence-electron chi connectivity index (χ0n) is 18.1. The number of esters is 3. The van der Waals surface area contributed by atoms with Gasteiger partial charge in [0, 0.05) is 5.92 Å². The third-order valence-electron chi connectivity index (χ3n) is 4.82. The van der Waals surface area contributed by atoms with E-state index in [0.717, 1.165) is 25.9 Å². The molecule has 0 unspecified atom stereocenters. The van der Waals surface area contributed by atoms with Gasteiger partial charge >= 0.3 is 17.9 Å². The predicted molar refractivity (Wildman–Crippen MR) is 127 cm³/mol. The third kappa shape index (κ3) is 9.24. The summed E-state index contributed by atoms with van der Waals surface area (Å²) in [5.74, 6) is -2.03. The van der Waals surface area contributed by atoms with Crippen LogP contribution in [0.4, 0.5) is 0 Å². The van der Waals surface area contributed by atoms with Crippen LogP contribution < -0.4 is 5.32 Å². The van der Waals surface area contributed by atoms with Gasteiger partial charge in [0.15, 0.2) is 0 Å². The minimum absolute atomic E-state index is 0.193. The Balaban J connectivity index is 2.82. The van der Waals surface area contributed by atoms with Gasteiger partial charge in [-0.1, -0.05) is 45.2 Å². The number of hydrogen-bond donors (Lipinski definition) is 1. The molecular formula is C20H33I2NO6. The minimum atomic E-state index is -0.874. The molecule has 1 aliphatic heterocycles. The van der Waals surface area contributed by atoms with Gasteiger partial charge in [-0.3, -0.25) is 14.4 Å². The maximum Gasteiger partial charge on any atom is 0.321 e. The first-order valence-corrected chi connectivity index (χ1v) is 12.0. The quantitative estimate of drug-likeness (QED) is 0.180. The highest BCUT2D eigenvalue weighted by molar-refractivity contribution is 14.1. The summed E-state index contributed by atoms with van der Waals surface area (Å²) in [6.07, 6.45) is 1.84. The van der Waals surface area contributed by atoms with Crippen LogP contribution in [-0.4, -0.2) is 56.7 Å². The Labute approximate surface area is 201 Å². The largest absolute Gasteiger partial charge is 0.464 e. The standard InChI is InChI=1S/C20H33I2NO6/c1-18(2,21)16(25)27-11-13(12-28-17(26)19(3,4)22)15(24)29-20(5,6)14-7-9-23-10-8-14/h13-14,23H,7-12H2,1-6H3. The van der Waals surface area contributed by atoms with E-state index in [0.29, 0.717) is 0 Å². The number of carbonyl (C=O) groups is 3. The zero-order chi connectivity index (χ0) is 22.5. The molecule has 0 aromatic carbocycles. The summed E-state index contributed by atoms with van der Waals surface area (Å²) in [7, 11) is 0. The summed E-state index contributed by atoms with van der Waals surface area (Å²) in [4.78, 5) is 37.1. The van der Waals surface area contributed by atoms with Crippen LogP contribution in [-0.2, 0) is 28.6 Å². The van der Waals surface area contributed by atoms with Crippen LogP contribution in [0.25, 0.3) is 0 Å². The summed E-state index contributed by atoms with van der Waals surface area (Å²) in [6.45, 7) is 12.1. The topological polar surface area (TPSA) is 90.9 Å². The second-order valence-electron chi connectivity index (χ2n) is 8.89. The number of carbonyl (C=O) groups excluding carboxylic acids is 3. The van der Waals surface area contributed by atoms with E-state index in [2.05, 4.69) is 5.32 Å². The number of halogens is 2. The average molecular weight is 637 g/mol. The van der Waals surface area contributed by atoms with Gasteiger partial charge in [-0.2, -0.15) is 0 Å². The highest BCUT2D eigenvalue weighted by atomic mass is 127. The van der Waals surface area contributed by atoms with Gasteiger partial charge in [0.25, 0.3) is 0 Å². The molecule has 0 aromatic rings. The van der Waals surface area contributed by atoms with Gasteiger partial charge in [0.1, 0.15) is 31.6 Å². The van der Waals surface area contributed by atoms with E-state index in [1.54, 1.807) is 27.7 Å². The minimum Gasteiger partial charge on any atom is -0.464 e. The molecule has 0 radical (unpaired) electrons. The van der Waals surface area contributed by atoms with E-state index in [9.17, 15) is 14.4 Å². The van der Waals surface area contributed by atoms with E-state index in [4.69, 9.17) is 14.2 Å². The molecule has 7 nitrogen and oxygen atoms in total. The highest BCUT2D eigenvalue weighted by Crippen LogP contribution is 2.30. The van der Waals surface area contributed by atoms with Gasteiger partial charge in [0.2, 0.25) is 0 Å². The van der Waals surface area contributed by atoms with Crippen LogP contribution in [0.3, 0.4) is 0 Å². The number of nitrogens with one attached hydrogen (secondary N) is 1. The van der Waals surface area contributed by atoms with E-state index < -0.39 is 36.3 Å². The molecule has 0 aliphatic carbocycles. The van der Waals surface area contributed by atoms with Crippen LogP contribution in [0.1, 0.15) is 54.4 Å². The molecule has 1 heterocycles. The van der Waals surface area contributed by atoms with Crippen LogP contribution in [0.2, 0.25) is 0 Å². The normalized spacial score (nSPS) is 16.4. The number of piperidine rings is 1. The Morgan fingerprint density at radius 3 is 1.69 bits per heavy atom. The molecule has 0 bridgehead atoms. The lowest BCUT2D eigenvalue weighted by atomic mass is 9.83. The van der Waals surface area contributed by atoms with Crippen LogP contribution in [0, 0.1) is 11.8 Å². The van der Waals surface area contributed by atoms with Crippen molar-refractivity contribution in [2.75, 3.05) is 26.3 Å². The van der Waals surface area contributed by atoms with E-state index in [1.807, 2.05) is 59.0 Å². The lowest BCUT2D eigenvalue weighted by Crippen LogP contribution is -2.45. The van der Waals surface area contributed by atoms with Crippen LogP contribution in [0.15, 0.2) is 0 Å². The van der Waals surface area contributed by atoms with Crippen molar-refractivity contribution >= 4 is 63.1 Å². The number of rotatable bonds is 9. The lowest BCUT2D eigenvalue weighted by molar-refractivity contribution is -0.175. The van der Waals surface area contributed by atoms with E-state index in [-0.39, 0.29) is 19.1 Å². The highest BCUT2D eigenvalue weighted by Gasteiger charge is 2.38. The SMILES string of the molecule is CC(C)(I)C(=O)OCC(COC(=O)C(C)(C)I)C(=O)OC(C)(C)C1CCNCC1. The summed E-state index contributed by atoms with van der Waals surface area (Å²) >= 11 is 3.96. The van der Waals surface area contributed by atoms with Gasteiger partial charge in [-0.05, 0) is 67.5 Å². The average Bonchev–Trinajstić information content (AvgIpc) is 2.59. The number of ether oxygens (including phenoxy) is 3. The molecule has 168 valence electrons. The van der Waals surface area contributed by atoms with Crippen molar-refractivity contribution in [1.82, 2.24) is 5.32 Å². The van der Waals surface area contributed by atoms with Crippen molar-refractivity contribution in [2.45, 2.75) is 66.8 Å². The molecule has 0 atom stereocenters.